The molecule has 1 atom stereocenters. The minimum absolute atomic E-state index is 0.0694. The van der Waals surface area contributed by atoms with Crippen LogP contribution in [0.5, 0.6) is 0 Å². The van der Waals surface area contributed by atoms with Gasteiger partial charge in [-0.25, -0.2) is 4.39 Å². The number of carbonyl (C=O) groups excluding carboxylic acids is 1. The van der Waals surface area contributed by atoms with Crippen LogP contribution in [0, 0.1) is 11.2 Å². The molecule has 0 aliphatic carbocycles. The molecule has 0 fully saturated rings. The van der Waals surface area contributed by atoms with E-state index in [-0.39, 0.29) is 23.5 Å². The largest absolute Gasteiger partial charge is 0.304 e. The molecule has 0 spiro atoms. The summed E-state index contributed by atoms with van der Waals surface area (Å²) < 4.78 is 12.8. The van der Waals surface area contributed by atoms with Crippen molar-refractivity contribution in [3.05, 3.63) is 35.6 Å². The van der Waals surface area contributed by atoms with Gasteiger partial charge in [-0.05, 0) is 37.0 Å². The van der Waals surface area contributed by atoms with Gasteiger partial charge in [0.25, 0.3) is 0 Å². The molecule has 0 aliphatic rings. The fraction of sp³-hybridized carbons (Fsp3) is 0.429. The van der Waals surface area contributed by atoms with E-state index < -0.39 is 0 Å². The standard InChI is InChI=1S/C14H19FN2O/c1-4-11(9-14(18)17(3)10(2)16)12-5-7-13(15)8-6-12/h5-8,11,16H,4,9H2,1-3H3/t11-/m0/s1. The maximum Gasteiger partial charge on any atom is 0.228 e. The fourth-order valence-corrected chi connectivity index (χ4v) is 1.77. The molecule has 0 saturated carbocycles. The predicted octanol–water partition coefficient (Wildman–Crippen LogP) is 3.16. The third-order valence-corrected chi connectivity index (χ3v) is 3.13. The number of nitrogens with one attached hydrogen (secondary N) is 1. The van der Waals surface area contributed by atoms with E-state index in [1.165, 1.54) is 17.0 Å². The van der Waals surface area contributed by atoms with Crippen molar-refractivity contribution in [3.8, 4) is 0 Å². The molecule has 1 rings (SSSR count). The van der Waals surface area contributed by atoms with Crippen molar-refractivity contribution in [1.29, 1.82) is 5.41 Å². The molecule has 0 bridgehead atoms. The van der Waals surface area contributed by atoms with Crippen molar-refractivity contribution < 1.29 is 9.18 Å². The third-order valence-electron chi connectivity index (χ3n) is 3.13. The molecule has 0 radical (unpaired) electrons. The summed E-state index contributed by atoms with van der Waals surface area (Å²) in [5.74, 6) is -0.0556. The Labute approximate surface area is 107 Å². The lowest BCUT2D eigenvalue weighted by molar-refractivity contribution is -0.126. The molecule has 1 amide bonds. The van der Waals surface area contributed by atoms with Crippen molar-refractivity contribution in [2.45, 2.75) is 32.6 Å². The van der Waals surface area contributed by atoms with Crippen LogP contribution in [0.15, 0.2) is 24.3 Å². The maximum atomic E-state index is 12.8. The van der Waals surface area contributed by atoms with Gasteiger partial charge in [-0.2, -0.15) is 0 Å². The number of rotatable bonds is 4. The van der Waals surface area contributed by atoms with Crippen LogP contribution in [-0.2, 0) is 4.79 Å². The van der Waals surface area contributed by atoms with Crippen molar-refractivity contribution >= 4 is 11.7 Å². The maximum absolute atomic E-state index is 12.8. The van der Waals surface area contributed by atoms with Gasteiger partial charge in [-0.15, -0.1) is 0 Å². The molecule has 1 N–H and O–H groups in total. The Bertz CT molecular complexity index is 428. The predicted molar refractivity (Wildman–Crippen MR) is 70.2 cm³/mol. The minimum atomic E-state index is -0.271. The second-order valence-corrected chi connectivity index (χ2v) is 4.40. The van der Waals surface area contributed by atoms with E-state index in [1.54, 1.807) is 26.1 Å². The molecule has 3 nitrogen and oxygen atoms in total. The molecule has 0 saturated heterocycles. The summed E-state index contributed by atoms with van der Waals surface area (Å²) in [5, 5.41) is 7.42. The monoisotopic (exact) mass is 250 g/mol. The fourth-order valence-electron chi connectivity index (χ4n) is 1.77. The second-order valence-electron chi connectivity index (χ2n) is 4.40. The van der Waals surface area contributed by atoms with Crippen molar-refractivity contribution in [2.75, 3.05) is 7.05 Å². The van der Waals surface area contributed by atoms with Crippen LogP contribution in [0.1, 0.15) is 38.2 Å². The zero-order valence-electron chi connectivity index (χ0n) is 11.0. The van der Waals surface area contributed by atoms with Crippen LogP contribution >= 0.6 is 0 Å². The Balaban J connectivity index is 2.76. The normalized spacial score (nSPS) is 12.0. The van der Waals surface area contributed by atoms with E-state index in [0.29, 0.717) is 6.42 Å². The molecule has 0 aromatic heterocycles. The molecule has 0 unspecified atom stereocenters. The second kappa shape index (κ2) is 6.28. The number of halogens is 1. The van der Waals surface area contributed by atoms with Crippen LogP contribution in [0.25, 0.3) is 0 Å². The number of carbonyl (C=O) groups is 1. The number of hydrogen-bond donors (Lipinski definition) is 1. The average molecular weight is 250 g/mol. The van der Waals surface area contributed by atoms with Gasteiger partial charge in [-0.3, -0.25) is 10.2 Å². The summed E-state index contributed by atoms with van der Waals surface area (Å²) in [6, 6.07) is 6.25. The van der Waals surface area contributed by atoms with Crippen LogP contribution in [0.4, 0.5) is 4.39 Å². The van der Waals surface area contributed by atoms with E-state index in [1.807, 2.05) is 6.92 Å². The number of benzene rings is 1. The van der Waals surface area contributed by atoms with E-state index in [2.05, 4.69) is 0 Å². The lowest BCUT2D eigenvalue weighted by Gasteiger charge is -2.20. The Morgan fingerprint density at radius 2 is 1.94 bits per heavy atom. The highest BCUT2D eigenvalue weighted by Crippen LogP contribution is 2.24. The van der Waals surface area contributed by atoms with Crippen LogP contribution in [0.3, 0.4) is 0 Å². The Kier molecular flexibility index (Phi) is 5.01. The summed E-state index contributed by atoms with van der Waals surface area (Å²) in [4.78, 5) is 13.2. The van der Waals surface area contributed by atoms with Gasteiger partial charge in [0.05, 0.1) is 5.84 Å². The first-order valence-electron chi connectivity index (χ1n) is 6.02. The topological polar surface area (TPSA) is 44.2 Å². The lowest BCUT2D eigenvalue weighted by atomic mass is 9.92. The summed E-state index contributed by atoms with van der Waals surface area (Å²) >= 11 is 0. The highest BCUT2D eigenvalue weighted by atomic mass is 19.1. The lowest BCUT2D eigenvalue weighted by Crippen LogP contribution is -2.31. The number of hydrogen-bond acceptors (Lipinski definition) is 2. The van der Waals surface area contributed by atoms with E-state index in [0.717, 1.165) is 12.0 Å². The first kappa shape index (κ1) is 14.4. The van der Waals surface area contributed by atoms with E-state index in [4.69, 9.17) is 5.41 Å². The molecule has 1 aromatic carbocycles. The summed E-state index contributed by atoms with van der Waals surface area (Å²) in [7, 11) is 1.60. The number of amidine groups is 1. The molecular weight excluding hydrogens is 231 g/mol. The van der Waals surface area contributed by atoms with Gasteiger partial charge in [0.1, 0.15) is 5.82 Å². The quantitative estimate of drug-likeness (QED) is 0.647. The molecule has 1 aromatic rings. The Morgan fingerprint density at radius 1 is 1.39 bits per heavy atom. The molecule has 0 aliphatic heterocycles. The highest BCUT2D eigenvalue weighted by molar-refractivity contribution is 5.95. The average Bonchev–Trinajstić information content (AvgIpc) is 2.35. The number of nitrogens with zero attached hydrogens (tertiary/aromatic N) is 1. The summed E-state index contributed by atoms with van der Waals surface area (Å²) in [5.41, 5.74) is 0.961. The Hall–Kier alpha value is -1.71. The first-order valence-corrected chi connectivity index (χ1v) is 6.02. The van der Waals surface area contributed by atoms with Crippen LogP contribution in [0.2, 0.25) is 0 Å². The first-order chi connectivity index (χ1) is 8.45. The van der Waals surface area contributed by atoms with Crippen molar-refractivity contribution in [2.24, 2.45) is 0 Å². The zero-order chi connectivity index (χ0) is 13.7. The van der Waals surface area contributed by atoms with Crippen molar-refractivity contribution in [1.82, 2.24) is 4.90 Å². The zero-order valence-corrected chi connectivity index (χ0v) is 11.0. The molecule has 4 heteroatoms. The SMILES string of the molecule is CC[C@@H](CC(=O)N(C)C(C)=N)c1ccc(F)cc1. The highest BCUT2D eigenvalue weighted by Gasteiger charge is 2.18. The smallest absolute Gasteiger partial charge is 0.228 e. The van der Waals surface area contributed by atoms with Crippen LogP contribution in [-0.4, -0.2) is 23.7 Å². The Morgan fingerprint density at radius 3 is 2.39 bits per heavy atom. The van der Waals surface area contributed by atoms with Gasteiger partial charge < -0.3 is 4.90 Å². The van der Waals surface area contributed by atoms with Gasteiger partial charge >= 0.3 is 0 Å². The van der Waals surface area contributed by atoms with Gasteiger partial charge in [0.15, 0.2) is 0 Å². The van der Waals surface area contributed by atoms with E-state index in [9.17, 15) is 9.18 Å². The number of amides is 1. The van der Waals surface area contributed by atoms with Gasteiger partial charge in [0, 0.05) is 13.5 Å². The van der Waals surface area contributed by atoms with Gasteiger partial charge in [0.2, 0.25) is 5.91 Å². The molecule has 98 valence electrons. The molecule has 0 heterocycles. The molecule has 18 heavy (non-hydrogen) atoms. The summed E-state index contributed by atoms with van der Waals surface area (Å²) in [6.45, 7) is 3.58. The minimum Gasteiger partial charge on any atom is -0.304 e. The van der Waals surface area contributed by atoms with Gasteiger partial charge in [-0.1, -0.05) is 19.1 Å². The van der Waals surface area contributed by atoms with E-state index >= 15 is 0 Å². The van der Waals surface area contributed by atoms with Crippen molar-refractivity contribution in [3.63, 3.8) is 0 Å². The molecular formula is C14H19FN2O. The third kappa shape index (κ3) is 3.65. The summed E-state index contributed by atoms with van der Waals surface area (Å²) in [6.07, 6.45) is 1.15. The van der Waals surface area contributed by atoms with Crippen LogP contribution < -0.4 is 0 Å².